The lowest BCUT2D eigenvalue weighted by Crippen LogP contribution is -2.63. The molecule has 1 heterocycles. The van der Waals surface area contributed by atoms with Gasteiger partial charge < -0.3 is 10.2 Å². The number of rotatable bonds is 4. The first-order chi connectivity index (χ1) is 7.86. The first kappa shape index (κ1) is 14.5. The molecule has 0 saturated carbocycles. The Morgan fingerprint density at radius 1 is 1.47 bits per heavy atom. The molecule has 0 aromatic rings. The van der Waals surface area contributed by atoms with Crippen molar-refractivity contribution in [3.63, 3.8) is 0 Å². The predicted molar refractivity (Wildman–Crippen MR) is 71.9 cm³/mol. The van der Waals surface area contributed by atoms with Gasteiger partial charge in [0.2, 0.25) is 5.91 Å². The molecule has 0 aromatic heterocycles. The average Bonchev–Trinajstić information content (AvgIpc) is 2.20. The predicted octanol–water partition coefficient (Wildman–Crippen LogP) is 2.41. The van der Waals surface area contributed by atoms with Gasteiger partial charge in [-0.3, -0.25) is 4.79 Å². The molecule has 1 atom stereocenters. The van der Waals surface area contributed by atoms with Gasteiger partial charge in [-0.25, -0.2) is 0 Å². The highest BCUT2D eigenvalue weighted by Gasteiger charge is 2.36. The van der Waals surface area contributed by atoms with Crippen LogP contribution in [0.1, 0.15) is 53.9 Å². The lowest BCUT2D eigenvalue weighted by molar-refractivity contribution is -0.139. The van der Waals surface area contributed by atoms with Crippen LogP contribution in [0.15, 0.2) is 0 Å². The first-order valence-electron chi connectivity index (χ1n) is 6.90. The van der Waals surface area contributed by atoms with Crippen LogP contribution in [0, 0.1) is 5.92 Å². The van der Waals surface area contributed by atoms with Crippen molar-refractivity contribution in [2.75, 3.05) is 13.1 Å². The molecule has 1 rings (SSSR count). The van der Waals surface area contributed by atoms with Gasteiger partial charge in [0.1, 0.15) is 0 Å². The van der Waals surface area contributed by atoms with Gasteiger partial charge >= 0.3 is 0 Å². The van der Waals surface area contributed by atoms with Gasteiger partial charge in [0, 0.05) is 31.1 Å². The highest BCUT2D eigenvalue weighted by atomic mass is 16.2. The molecule has 1 N–H and O–H groups in total. The second-order valence-corrected chi connectivity index (χ2v) is 6.27. The van der Waals surface area contributed by atoms with Crippen LogP contribution < -0.4 is 5.32 Å². The second kappa shape index (κ2) is 5.85. The monoisotopic (exact) mass is 240 g/mol. The molecule has 1 amide bonds. The summed E-state index contributed by atoms with van der Waals surface area (Å²) in [6.45, 7) is 12.6. The molecule has 0 aromatic carbocycles. The van der Waals surface area contributed by atoms with Crippen LogP contribution in [0.5, 0.6) is 0 Å². The van der Waals surface area contributed by atoms with Crippen LogP contribution in [-0.4, -0.2) is 35.5 Å². The van der Waals surface area contributed by atoms with E-state index in [2.05, 4.69) is 44.8 Å². The smallest absolute Gasteiger partial charge is 0.223 e. The maximum atomic E-state index is 12.1. The Kier molecular flexibility index (Phi) is 4.99. The average molecular weight is 240 g/mol. The van der Waals surface area contributed by atoms with E-state index < -0.39 is 0 Å². The summed E-state index contributed by atoms with van der Waals surface area (Å²) in [5.41, 5.74) is -0.0419. The van der Waals surface area contributed by atoms with Gasteiger partial charge in [-0.15, -0.1) is 0 Å². The maximum Gasteiger partial charge on any atom is 0.223 e. The molecule has 0 radical (unpaired) electrons. The van der Waals surface area contributed by atoms with E-state index in [1.54, 1.807) is 0 Å². The number of piperazine rings is 1. The normalized spacial score (nSPS) is 24.1. The zero-order valence-corrected chi connectivity index (χ0v) is 12.0. The molecule has 1 aliphatic rings. The number of hydrogen-bond donors (Lipinski definition) is 1. The Balaban J connectivity index is 2.65. The molecule has 0 bridgehead atoms. The van der Waals surface area contributed by atoms with Crippen LogP contribution >= 0.6 is 0 Å². The number of hydrogen-bond acceptors (Lipinski definition) is 2. The van der Waals surface area contributed by atoms with E-state index >= 15 is 0 Å². The second-order valence-electron chi connectivity index (χ2n) is 6.27. The van der Waals surface area contributed by atoms with Crippen molar-refractivity contribution in [1.82, 2.24) is 10.2 Å². The van der Waals surface area contributed by atoms with Gasteiger partial charge in [-0.05, 0) is 32.6 Å². The van der Waals surface area contributed by atoms with Gasteiger partial charge in [0.05, 0.1) is 0 Å². The van der Waals surface area contributed by atoms with E-state index in [0.29, 0.717) is 24.3 Å². The molecule has 1 saturated heterocycles. The molecule has 1 aliphatic heterocycles. The molecular formula is C14H28N2O. The SMILES string of the molecule is CCCC(=O)N1CC(CC(C)C)NCC1(C)C. The summed E-state index contributed by atoms with van der Waals surface area (Å²) < 4.78 is 0. The zero-order valence-electron chi connectivity index (χ0n) is 12.0. The van der Waals surface area contributed by atoms with Gasteiger partial charge in [0.15, 0.2) is 0 Å². The lowest BCUT2D eigenvalue weighted by Gasteiger charge is -2.46. The molecule has 0 aliphatic carbocycles. The largest absolute Gasteiger partial charge is 0.335 e. The van der Waals surface area contributed by atoms with E-state index in [-0.39, 0.29) is 5.54 Å². The van der Waals surface area contributed by atoms with Crippen molar-refractivity contribution >= 4 is 5.91 Å². The van der Waals surface area contributed by atoms with Crippen LogP contribution in [0.3, 0.4) is 0 Å². The summed E-state index contributed by atoms with van der Waals surface area (Å²) in [4.78, 5) is 14.2. The van der Waals surface area contributed by atoms with Gasteiger partial charge in [-0.2, -0.15) is 0 Å². The maximum absolute atomic E-state index is 12.1. The van der Waals surface area contributed by atoms with Crippen molar-refractivity contribution in [3.05, 3.63) is 0 Å². The Labute approximate surface area is 106 Å². The summed E-state index contributed by atoms with van der Waals surface area (Å²) in [6.07, 6.45) is 2.76. The summed E-state index contributed by atoms with van der Waals surface area (Å²) in [6, 6.07) is 0.462. The summed E-state index contributed by atoms with van der Waals surface area (Å²) in [5.74, 6) is 0.990. The molecule has 1 fully saturated rings. The van der Waals surface area contributed by atoms with Crippen molar-refractivity contribution in [1.29, 1.82) is 0 Å². The Morgan fingerprint density at radius 2 is 2.12 bits per heavy atom. The minimum atomic E-state index is -0.0419. The number of carbonyl (C=O) groups excluding carboxylic acids is 1. The van der Waals surface area contributed by atoms with Crippen molar-refractivity contribution in [3.8, 4) is 0 Å². The molecule has 100 valence electrons. The van der Waals surface area contributed by atoms with E-state index in [0.717, 1.165) is 25.9 Å². The van der Waals surface area contributed by atoms with Crippen LogP contribution in [0.25, 0.3) is 0 Å². The van der Waals surface area contributed by atoms with Crippen molar-refractivity contribution in [2.45, 2.75) is 65.5 Å². The minimum Gasteiger partial charge on any atom is -0.335 e. The highest BCUT2D eigenvalue weighted by Crippen LogP contribution is 2.22. The molecule has 1 unspecified atom stereocenters. The third-order valence-corrected chi connectivity index (χ3v) is 3.48. The first-order valence-corrected chi connectivity index (χ1v) is 6.90. The fourth-order valence-electron chi connectivity index (χ4n) is 2.54. The Morgan fingerprint density at radius 3 is 2.65 bits per heavy atom. The third kappa shape index (κ3) is 3.98. The molecule has 3 heteroatoms. The van der Waals surface area contributed by atoms with Crippen molar-refractivity contribution in [2.24, 2.45) is 5.92 Å². The Bertz CT molecular complexity index is 261. The number of amides is 1. The number of carbonyl (C=O) groups is 1. The summed E-state index contributed by atoms with van der Waals surface area (Å²) in [5, 5.41) is 3.57. The van der Waals surface area contributed by atoms with E-state index in [9.17, 15) is 4.79 Å². The van der Waals surface area contributed by atoms with E-state index in [1.165, 1.54) is 0 Å². The quantitative estimate of drug-likeness (QED) is 0.818. The molecule has 0 spiro atoms. The summed E-state index contributed by atoms with van der Waals surface area (Å²) in [7, 11) is 0. The fraction of sp³-hybridized carbons (Fsp3) is 0.929. The lowest BCUT2D eigenvalue weighted by atomic mass is 9.93. The minimum absolute atomic E-state index is 0.0419. The highest BCUT2D eigenvalue weighted by molar-refractivity contribution is 5.77. The third-order valence-electron chi connectivity index (χ3n) is 3.48. The molecule has 3 nitrogen and oxygen atoms in total. The summed E-state index contributed by atoms with van der Waals surface area (Å²) >= 11 is 0. The number of nitrogens with zero attached hydrogens (tertiary/aromatic N) is 1. The Hall–Kier alpha value is -0.570. The standard InChI is InChI=1S/C14H28N2O/c1-6-7-13(17)16-9-12(8-11(2)3)15-10-14(16,4)5/h11-12,15H,6-10H2,1-5H3. The van der Waals surface area contributed by atoms with Gasteiger partial charge in [-0.1, -0.05) is 20.8 Å². The molecule has 17 heavy (non-hydrogen) atoms. The molecular weight excluding hydrogens is 212 g/mol. The van der Waals surface area contributed by atoms with Crippen LogP contribution in [0.4, 0.5) is 0 Å². The topological polar surface area (TPSA) is 32.3 Å². The zero-order chi connectivity index (χ0) is 13.1. The fourth-order valence-corrected chi connectivity index (χ4v) is 2.54. The van der Waals surface area contributed by atoms with Crippen LogP contribution in [0.2, 0.25) is 0 Å². The van der Waals surface area contributed by atoms with E-state index in [1.807, 2.05) is 0 Å². The van der Waals surface area contributed by atoms with Crippen molar-refractivity contribution < 1.29 is 4.79 Å². The number of nitrogens with one attached hydrogen (secondary N) is 1. The van der Waals surface area contributed by atoms with Crippen LogP contribution in [-0.2, 0) is 4.79 Å². The van der Waals surface area contributed by atoms with Gasteiger partial charge in [0.25, 0.3) is 0 Å². The van der Waals surface area contributed by atoms with E-state index in [4.69, 9.17) is 0 Å².